The number of aromatic nitrogens is 2. The zero-order chi connectivity index (χ0) is 22.0. The van der Waals surface area contributed by atoms with Gasteiger partial charge in [0.2, 0.25) is 15.9 Å². The number of piperidine rings is 1. The molecule has 164 valence electrons. The van der Waals surface area contributed by atoms with Gasteiger partial charge >= 0.3 is 0 Å². The summed E-state index contributed by atoms with van der Waals surface area (Å²) in [6.45, 7) is 5.18. The van der Waals surface area contributed by atoms with Crippen LogP contribution in [0.5, 0.6) is 0 Å². The van der Waals surface area contributed by atoms with Gasteiger partial charge in [0.25, 0.3) is 0 Å². The Morgan fingerprint density at radius 2 is 1.97 bits per heavy atom. The molecule has 0 aliphatic carbocycles. The molecule has 4 rings (SSSR count). The van der Waals surface area contributed by atoms with Gasteiger partial charge in [0.15, 0.2) is 0 Å². The molecule has 1 N–H and O–H groups in total. The van der Waals surface area contributed by atoms with E-state index in [-0.39, 0.29) is 16.6 Å². The number of amides is 1. The minimum atomic E-state index is -3.54. The van der Waals surface area contributed by atoms with Crippen molar-refractivity contribution in [2.24, 2.45) is 0 Å². The molecule has 10 heteroatoms. The van der Waals surface area contributed by atoms with Crippen LogP contribution in [0.2, 0.25) is 0 Å². The number of carbonyl (C=O) groups is 1. The number of nitrogens with zero attached hydrogens (tertiary/aromatic N) is 3. The van der Waals surface area contributed by atoms with Gasteiger partial charge in [-0.1, -0.05) is 24.2 Å². The zero-order valence-electron chi connectivity index (χ0n) is 17.4. The van der Waals surface area contributed by atoms with Crippen LogP contribution in [-0.4, -0.2) is 47.4 Å². The van der Waals surface area contributed by atoms with Crippen LogP contribution in [0.15, 0.2) is 40.5 Å². The van der Waals surface area contributed by atoms with Gasteiger partial charge < -0.3 is 5.32 Å². The van der Waals surface area contributed by atoms with Gasteiger partial charge in [-0.25, -0.2) is 18.4 Å². The maximum Gasteiger partial charge on any atom is 0.243 e. The predicted octanol–water partition coefficient (Wildman–Crippen LogP) is 4.21. The van der Waals surface area contributed by atoms with Crippen molar-refractivity contribution in [2.45, 2.75) is 43.0 Å². The number of benzene rings is 1. The number of rotatable bonds is 6. The van der Waals surface area contributed by atoms with Gasteiger partial charge in [0.1, 0.15) is 16.2 Å². The monoisotopic (exact) mass is 476 g/mol. The first-order valence-corrected chi connectivity index (χ1v) is 13.3. The Morgan fingerprint density at radius 1 is 1.19 bits per heavy atom. The topological polar surface area (TPSA) is 92.3 Å². The molecular formula is C21H24N4O3S3. The fourth-order valence-corrected chi connectivity index (χ4v) is 7.06. The van der Waals surface area contributed by atoms with Gasteiger partial charge in [-0.15, -0.1) is 11.3 Å². The summed E-state index contributed by atoms with van der Waals surface area (Å²) in [6, 6.07) is 6.47. The Morgan fingerprint density at radius 3 is 2.74 bits per heavy atom. The number of carbonyl (C=O) groups excluding carboxylic acids is 1. The quantitative estimate of drug-likeness (QED) is 0.423. The summed E-state index contributed by atoms with van der Waals surface area (Å²) in [6.07, 6.45) is 4.34. The van der Waals surface area contributed by atoms with Crippen LogP contribution in [-0.2, 0) is 14.8 Å². The fourth-order valence-electron chi connectivity index (χ4n) is 3.58. The van der Waals surface area contributed by atoms with Crippen molar-refractivity contribution in [3.8, 4) is 0 Å². The van der Waals surface area contributed by atoms with E-state index in [2.05, 4.69) is 15.3 Å². The third-order valence-corrected chi connectivity index (χ3v) is 9.34. The molecule has 7 nitrogen and oxygen atoms in total. The van der Waals surface area contributed by atoms with Crippen molar-refractivity contribution in [1.82, 2.24) is 14.3 Å². The van der Waals surface area contributed by atoms with Crippen molar-refractivity contribution in [2.75, 3.05) is 24.2 Å². The summed E-state index contributed by atoms with van der Waals surface area (Å²) in [7, 11) is -3.54. The standard InChI is InChI=1S/C21H24N4O3S3/c1-14-15(2)30-21-19(14)20(22-13-23-21)29-12-18(26)24-16-7-6-8-17(11-16)31(27,28)25-9-4-3-5-10-25/h6-8,11,13H,3-5,9-10,12H2,1-2H3,(H,24,26). The van der Waals surface area contributed by atoms with Crippen molar-refractivity contribution in [1.29, 1.82) is 0 Å². The number of thiophene rings is 1. The molecule has 1 aliphatic heterocycles. The zero-order valence-corrected chi connectivity index (χ0v) is 19.9. The number of thioether (sulfide) groups is 1. The molecule has 3 heterocycles. The summed E-state index contributed by atoms with van der Waals surface area (Å²) >= 11 is 2.97. The maximum atomic E-state index is 12.9. The van der Waals surface area contributed by atoms with Crippen LogP contribution in [0.3, 0.4) is 0 Å². The molecule has 3 aromatic rings. The molecule has 0 radical (unpaired) electrons. The number of nitrogens with one attached hydrogen (secondary N) is 1. The summed E-state index contributed by atoms with van der Waals surface area (Å²) in [5.41, 5.74) is 1.61. The minimum absolute atomic E-state index is 0.170. The van der Waals surface area contributed by atoms with Crippen LogP contribution in [0.25, 0.3) is 10.2 Å². The summed E-state index contributed by atoms with van der Waals surface area (Å²) in [5, 5.41) is 4.59. The van der Waals surface area contributed by atoms with E-state index in [1.54, 1.807) is 29.5 Å². The molecule has 0 unspecified atom stereocenters. The Kier molecular flexibility index (Phi) is 6.61. The molecule has 2 aromatic heterocycles. The third kappa shape index (κ3) is 4.77. The average Bonchev–Trinajstić information content (AvgIpc) is 3.07. The fraction of sp³-hybridized carbons (Fsp3) is 0.381. The van der Waals surface area contributed by atoms with E-state index in [0.29, 0.717) is 18.8 Å². The first-order valence-electron chi connectivity index (χ1n) is 10.1. The lowest BCUT2D eigenvalue weighted by Gasteiger charge is -2.26. The van der Waals surface area contributed by atoms with E-state index < -0.39 is 10.0 Å². The summed E-state index contributed by atoms with van der Waals surface area (Å²) < 4.78 is 27.3. The largest absolute Gasteiger partial charge is 0.325 e. The SMILES string of the molecule is Cc1sc2ncnc(SCC(=O)Nc3cccc(S(=O)(=O)N4CCCCC4)c3)c2c1C. The van der Waals surface area contributed by atoms with Crippen LogP contribution >= 0.6 is 23.1 Å². The Labute approximate surface area is 190 Å². The molecule has 1 saturated heterocycles. The second-order valence-corrected chi connectivity index (χ2v) is 11.6. The molecule has 1 amide bonds. The average molecular weight is 477 g/mol. The lowest BCUT2D eigenvalue weighted by Crippen LogP contribution is -2.35. The van der Waals surface area contributed by atoms with E-state index in [1.807, 2.05) is 13.8 Å². The van der Waals surface area contributed by atoms with Crippen molar-refractivity contribution < 1.29 is 13.2 Å². The van der Waals surface area contributed by atoms with Crippen LogP contribution in [0, 0.1) is 13.8 Å². The first-order chi connectivity index (χ1) is 14.9. The highest BCUT2D eigenvalue weighted by atomic mass is 32.2. The van der Waals surface area contributed by atoms with Crippen LogP contribution < -0.4 is 5.32 Å². The molecular weight excluding hydrogens is 452 g/mol. The van der Waals surface area contributed by atoms with Gasteiger partial charge in [0, 0.05) is 29.0 Å². The van der Waals surface area contributed by atoms with E-state index in [4.69, 9.17) is 0 Å². The molecule has 0 bridgehead atoms. The Hall–Kier alpha value is -2.01. The molecule has 31 heavy (non-hydrogen) atoms. The van der Waals surface area contributed by atoms with Crippen LogP contribution in [0.4, 0.5) is 5.69 Å². The smallest absolute Gasteiger partial charge is 0.243 e. The number of anilines is 1. The van der Waals surface area contributed by atoms with Gasteiger partial charge in [-0.3, -0.25) is 4.79 Å². The highest BCUT2D eigenvalue weighted by Gasteiger charge is 2.26. The highest BCUT2D eigenvalue weighted by Crippen LogP contribution is 2.34. The van der Waals surface area contributed by atoms with Gasteiger partial charge in [-0.2, -0.15) is 4.31 Å². The molecule has 0 saturated carbocycles. The van der Waals surface area contributed by atoms with Crippen molar-refractivity contribution in [3.63, 3.8) is 0 Å². The van der Waals surface area contributed by atoms with E-state index in [9.17, 15) is 13.2 Å². The number of fused-ring (bicyclic) bond motifs is 1. The van der Waals surface area contributed by atoms with Gasteiger partial charge in [-0.05, 0) is 50.5 Å². The molecule has 0 spiro atoms. The first kappa shape index (κ1) is 22.2. The summed E-state index contributed by atoms with van der Waals surface area (Å²) in [4.78, 5) is 23.5. The second kappa shape index (κ2) is 9.23. The normalized spacial score (nSPS) is 15.3. The van der Waals surface area contributed by atoms with E-state index in [0.717, 1.165) is 40.1 Å². The second-order valence-electron chi connectivity index (χ2n) is 7.47. The Bertz CT molecular complexity index is 1220. The van der Waals surface area contributed by atoms with Crippen LogP contribution in [0.1, 0.15) is 29.7 Å². The molecule has 1 aliphatic rings. The maximum absolute atomic E-state index is 12.9. The minimum Gasteiger partial charge on any atom is -0.325 e. The number of sulfonamides is 1. The van der Waals surface area contributed by atoms with Crippen molar-refractivity contribution >= 4 is 54.9 Å². The van der Waals surface area contributed by atoms with Gasteiger partial charge in [0.05, 0.1) is 10.6 Å². The molecule has 1 fully saturated rings. The number of hydrogen-bond donors (Lipinski definition) is 1. The van der Waals surface area contributed by atoms with Crippen molar-refractivity contribution in [3.05, 3.63) is 41.0 Å². The summed E-state index contributed by atoms with van der Waals surface area (Å²) in [5.74, 6) is -0.0438. The number of hydrogen-bond acceptors (Lipinski definition) is 7. The number of aryl methyl sites for hydroxylation is 2. The predicted molar refractivity (Wildman–Crippen MR) is 125 cm³/mol. The lowest BCUT2D eigenvalue weighted by molar-refractivity contribution is -0.113. The molecule has 0 atom stereocenters. The third-order valence-electron chi connectivity index (χ3n) is 5.34. The van der Waals surface area contributed by atoms with E-state index >= 15 is 0 Å². The lowest BCUT2D eigenvalue weighted by atomic mass is 10.2. The molecule has 1 aromatic carbocycles. The Balaban J connectivity index is 1.44. The highest BCUT2D eigenvalue weighted by molar-refractivity contribution is 8.00. The van der Waals surface area contributed by atoms with E-state index in [1.165, 1.54) is 33.3 Å².